The predicted molar refractivity (Wildman–Crippen MR) is 87.9 cm³/mol. The Morgan fingerprint density at radius 2 is 1.48 bits per heavy atom. The zero-order chi connectivity index (χ0) is 18.8. The van der Waals surface area contributed by atoms with E-state index in [1.54, 1.807) is 37.4 Å². The first kappa shape index (κ1) is 18.8. The highest BCUT2D eigenvalue weighted by Gasteiger charge is 2.38. The summed E-state index contributed by atoms with van der Waals surface area (Å²) in [5, 5.41) is 1.65. The van der Waals surface area contributed by atoms with Gasteiger partial charge < -0.3 is 5.32 Å². The first-order valence-electron chi connectivity index (χ1n) is 7.08. The van der Waals surface area contributed by atoms with Crippen molar-refractivity contribution in [2.45, 2.75) is 24.9 Å². The number of nitrogens with one attached hydrogen (secondary N) is 2. The van der Waals surface area contributed by atoms with Gasteiger partial charge in [-0.05, 0) is 49.2 Å². The number of benzene rings is 2. The number of carbonyl (C=O) groups excluding carboxylic acids is 1. The standard InChI is InChI=1S/C16H15F3N2O3S/c1-10-4-3-5-11(2)14(10)21-25(23,24)13-8-6-12(7-9-13)20-15(22)16(17,18)19/h3-9,21H,1-2H3,(H,20,22). The molecule has 0 aliphatic carbocycles. The smallest absolute Gasteiger partial charge is 0.318 e. The molecule has 134 valence electrons. The maximum atomic E-state index is 12.4. The molecular formula is C16H15F3N2O3S. The molecule has 0 spiro atoms. The number of para-hydroxylation sites is 1. The Bertz CT molecular complexity index is 872. The minimum Gasteiger partial charge on any atom is -0.318 e. The zero-order valence-electron chi connectivity index (χ0n) is 13.3. The maximum absolute atomic E-state index is 12.4. The summed E-state index contributed by atoms with van der Waals surface area (Å²) in [4.78, 5) is 10.7. The summed E-state index contributed by atoms with van der Waals surface area (Å²) in [6, 6.07) is 9.69. The van der Waals surface area contributed by atoms with Crippen LogP contribution in [-0.2, 0) is 14.8 Å². The molecule has 5 nitrogen and oxygen atoms in total. The van der Waals surface area contributed by atoms with Crippen LogP contribution in [0.15, 0.2) is 47.4 Å². The monoisotopic (exact) mass is 372 g/mol. The van der Waals surface area contributed by atoms with Gasteiger partial charge in [-0.1, -0.05) is 18.2 Å². The average Bonchev–Trinajstić information content (AvgIpc) is 2.51. The van der Waals surface area contributed by atoms with Crippen LogP contribution in [0.5, 0.6) is 0 Å². The molecule has 0 saturated carbocycles. The molecule has 2 aromatic carbocycles. The average molecular weight is 372 g/mol. The van der Waals surface area contributed by atoms with Crippen LogP contribution in [0, 0.1) is 13.8 Å². The molecule has 0 fully saturated rings. The Morgan fingerprint density at radius 3 is 1.96 bits per heavy atom. The van der Waals surface area contributed by atoms with Crippen LogP contribution in [0.4, 0.5) is 24.5 Å². The van der Waals surface area contributed by atoms with Gasteiger partial charge in [0, 0.05) is 5.69 Å². The number of sulfonamides is 1. The van der Waals surface area contributed by atoms with Crippen molar-refractivity contribution in [1.82, 2.24) is 0 Å². The molecule has 0 bridgehead atoms. The van der Waals surface area contributed by atoms with E-state index in [1.807, 2.05) is 0 Å². The van der Waals surface area contributed by atoms with Crippen LogP contribution < -0.4 is 10.0 Å². The second-order valence-electron chi connectivity index (χ2n) is 5.35. The van der Waals surface area contributed by atoms with Gasteiger partial charge in [0.2, 0.25) is 0 Å². The van der Waals surface area contributed by atoms with E-state index in [-0.39, 0.29) is 10.6 Å². The molecule has 0 radical (unpaired) electrons. The number of hydrogen-bond acceptors (Lipinski definition) is 3. The molecule has 2 N–H and O–H groups in total. The van der Waals surface area contributed by atoms with E-state index in [1.165, 1.54) is 0 Å². The van der Waals surface area contributed by atoms with Gasteiger partial charge in [0.25, 0.3) is 10.0 Å². The quantitative estimate of drug-likeness (QED) is 0.861. The molecule has 2 rings (SSSR count). The third-order valence-electron chi connectivity index (χ3n) is 3.40. The molecular weight excluding hydrogens is 357 g/mol. The second-order valence-corrected chi connectivity index (χ2v) is 7.03. The van der Waals surface area contributed by atoms with Crippen molar-refractivity contribution in [3.05, 3.63) is 53.6 Å². The van der Waals surface area contributed by atoms with E-state index >= 15 is 0 Å². The van der Waals surface area contributed by atoms with Gasteiger partial charge in [0.05, 0.1) is 10.6 Å². The lowest BCUT2D eigenvalue weighted by atomic mass is 10.1. The molecule has 25 heavy (non-hydrogen) atoms. The SMILES string of the molecule is Cc1cccc(C)c1NS(=O)(=O)c1ccc(NC(=O)C(F)(F)F)cc1. The van der Waals surface area contributed by atoms with Crippen molar-refractivity contribution in [3.63, 3.8) is 0 Å². The van der Waals surface area contributed by atoms with Crippen molar-refractivity contribution in [2.75, 3.05) is 10.0 Å². The molecule has 9 heteroatoms. The van der Waals surface area contributed by atoms with Gasteiger partial charge in [-0.25, -0.2) is 8.42 Å². The number of alkyl halides is 3. The number of carbonyl (C=O) groups is 1. The lowest BCUT2D eigenvalue weighted by Crippen LogP contribution is -2.29. The van der Waals surface area contributed by atoms with Crippen LogP contribution in [-0.4, -0.2) is 20.5 Å². The Kier molecular flexibility index (Phi) is 5.07. The van der Waals surface area contributed by atoms with Crippen LogP contribution in [0.1, 0.15) is 11.1 Å². The molecule has 0 heterocycles. The highest BCUT2D eigenvalue weighted by molar-refractivity contribution is 7.92. The fraction of sp³-hybridized carbons (Fsp3) is 0.188. The highest BCUT2D eigenvalue weighted by atomic mass is 32.2. The second kappa shape index (κ2) is 6.75. The number of anilines is 2. The Hall–Kier alpha value is -2.55. The minimum atomic E-state index is -5.02. The predicted octanol–water partition coefficient (Wildman–Crippen LogP) is 3.61. The third-order valence-corrected chi connectivity index (χ3v) is 4.76. The van der Waals surface area contributed by atoms with Crippen molar-refractivity contribution in [3.8, 4) is 0 Å². The Balaban J connectivity index is 2.22. The molecule has 0 saturated heterocycles. The number of rotatable bonds is 4. The first-order chi connectivity index (χ1) is 11.5. The largest absolute Gasteiger partial charge is 0.471 e. The fourth-order valence-corrected chi connectivity index (χ4v) is 3.29. The molecule has 0 aliphatic rings. The van der Waals surface area contributed by atoms with E-state index in [9.17, 15) is 26.4 Å². The van der Waals surface area contributed by atoms with Gasteiger partial charge in [-0.2, -0.15) is 13.2 Å². The van der Waals surface area contributed by atoms with Crippen molar-refractivity contribution >= 4 is 27.3 Å². The summed E-state index contributed by atoms with van der Waals surface area (Å²) in [6.07, 6.45) is -5.02. The topological polar surface area (TPSA) is 75.3 Å². The van der Waals surface area contributed by atoms with E-state index < -0.39 is 22.1 Å². The van der Waals surface area contributed by atoms with E-state index in [0.29, 0.717) is 5.69 Å². The van der Waals surface area contributed by atoms with E-state index in [4.69, 9.17) is 0 Å². The van der Waals surface area contributed by atoms with E-state index in [2.05, 4.69) is 4.72 Å². The van der Waals surface area contributed by atoms with Gasteiger partial charge in [-0.3, -0.25) is 9.52 Å². The van der Waals surface area contributed by atoms with Crippen LogP contribution in [0.25, 0.3) is 0 Å². The van der Waals surface area contributed by atoms with Gasteiger partial charge in [0.15, 0.2) is 0 Å². The highest BCUT2D eigenvalue weighted by Crippen LogP contribution is 2.24. The van der Waals surface area contributed by atoms with Gasteiger partial charge in [0.1, 0.15) is 0 Å². The van der Waals surface area contributed by atoms with Crippen molar-refractivity contribution in [2.24, 2.45) is 0 Å². The number of aryl methyl sites for hydroxylation is 2. The summed E-state index contributed by atoms with van der Waals surface area (Å²) in [5.74, 6) is -2.13. The Labute approximate surface area is 142 Å². The van der Waals surface area contributed by atoms with E-state index in [0.717, 1.165) is 35.4 Å². The fourth-order valence-electron chi connectivity index (χ4n) is 2.09. The molecule has 0 aromatic heterocycles. The van der Waals surface area contributed by atoms with Crippen molar-refractivity contribution < 1.29 is 26.4 Å². The lowest BCUT2D eigenvalue weighted by Gasteiger charge is -2.13. The van der Waals surface area contributed by atoms with Crippen LogP contribution in [0.2, 0.25) is 0 Å². The maximum Gasteiger partial charge on any atom is 0.471 e. The summed E-state index contributed by atoms with van der Waals surface area (Å²) < 4.78 is 63.9. The Morgan fingerprint density at radius 1 is 0.960 bits per heavy atom. The zero-order valence-corrected chi connectivity index (χ0v) is 14.1. The van der Waals surface area contributed by atoms with Crippen LogP contribution >= 0.6 is 0 Å². The summed E-state index contributed by atoms with van der Waals surface area (Å²) in [5.41, 5.74) is 1.75. The minimum absolute atomic E-state index is 0.139. The number of hydrogen-bond donors (Lipinski definition) is 2. The third kappa shape index (κ3) is 4.50. The molecule has 0 unspecified atom stereocenters. The lowest BCUT2D eigenvalue weighted by molar-refractivity contribution is -0.167. The van der Waals surface area contributed by atoms with Crippen LogP contribution in [0.3, 0.4) is 0 Å². The van der Waals surface area contributed by atoms with Crippen molar-refractivity contribution in [1.29, 1.82) is 0 Å². The molecule has 1 amide bonds. The summed E-state index contributed by atoms with van der Waals surface area (Å²) in [7, 11) is -3.92. The molecule has 2 aromatic rings. The number of halogens is 3. The van der Waals surface area contributed by atoms with Gasteiger partial charge in [-0.15, -0.1) is 0 Å². The summed E-state index contributed by atoms with van der Waals surface area (Å²) >= 11 is 0. The first-order valence-corrected chi connectivity index (χ1v) is 8.56. The summed E-state index contributed by atoms with van der Waals surface area (Å²) in [6.45, 7) is 3.50. The molecule has 0 aliphatic heterocycles. The normalized spacial score (nSPS) is 11.9. The van der Waals surface area contributed by atoms with Gasteiger partial charge >= 0.3 is 12.1 Å². The molecule has 0 atom stereocenters. The number of amides is 1.